The zero-order valence-electron chi connectivity index (χ0n) is 11.9. The Bertz CT molecular complexity index is 391. The van der Waals surface area contributed by atoms with E-state index >= 15 is 0 Å². The van der Waals surface area contributed by atoms with Gasteiger partial charge in [-0.2, -0.15) is 0 Å². The molecule has 5 heteroatoms. The third kappa shape index (κ3) is 2.91. The van der Waals surface area contributed by atoms with Crippen LogP contribution in [0, 0.1) is 17.8 Å². The van der Waals surface area contributed by atoms with Gasteiger partial charge in [-0.25, -0.2) is 4.79 Å². The van der Waals surface area contributed by atoms with Gasteiger partial charge in [-0.05, 0) is 49.9 Å². The first-order valence-corrected chi connectivity index (χ1v) is 7.89. The summed E-state index contributed by atoms with van der Waals surface area (Å²) in [5, 5.41) is 12.0. The Hall–Kier alpha value is -1.26. The molecule has 0 spiro atoms. The molecule has 0 aromatic rings. The van der Waals surface area contributed by atoms with E-state index in [1.54, 1.807) is 0 Å². The van der Waals surface area contributed by atoms with Gasteiger partial charge in [0.2, 0.25) is 0 Å². The maximum absolute atomic E-state index is 12.3. The van der Waals surface area contributed by atoms with Gasteiger partial charge in [-0.1, -0.05) is 6.42 Å². The first-order chi connectivity index (χ1) is 9.61. The molecule has 2 bridgehead atoms. The number of carboxylic acid groups (broad SMARTS) is 1. The summed E-state index contributed by atoms with van der Waals surface area (Å²) in [4.78, 5) is 24.8. The van der Waals surface area contributed by atoms with Gasteiger partial charge in [0, 0.05) is 25.6 Å². The number of carboxylic acids is 1. The van der Waals surface area contributed by atoms with Crippen molar-refractivity contribution in [3.8, 4) is 0 Å². The average molecular weight is 280 g/mol. The first-order valence-electron chi connectivity index (χ1n) is 7.89. The summed E-state index contributed by atoms with van der Waals surface area (Å²) < 4.78 is 0. The fraction of sp³-hybridized carbons (Fsp3) is 0.867. The van der Waals surface area contributed by atoms with Crippen molar-refractivity contribution in [1.29, 1.82) is 0 Å². The highest BCUT2D eigenvalue weighted by molar-refractivity contribution is 5.74. The summed E-state index contributed by atoms with van der Waals surface area (Å²) in [5.74, 6) is 1.05. The van der Waals surface area contributed by atoms with Crippen LogP contribution in [-0.2, 0) is 4.79 Å². The van der Waals surface area contributed by atoms with E-state index in [1.807, 2.05) is 4.90 Å². The number of nitrogens with one attached hydrogen (secondary N) is 1. The second-order valence-electron chi connectivity index (χ2n) is 6.76. The number of hydrogen-bond acceptors (Lipinski definition) is 2. The van der Waals surface area contributed by atoms with E-state index in [0.29, 0.717) is 25.0 Å². The van der Waals surface area contributed by atoms with Gasteiger partial charge in [0.1, 0.15) is 0 Å². The molecule has 3 unspecified atom stereocenters. The maximum atomic E-state index is 12.3. The summed E-state index contributed by atoms with van der Waals surface area (Å²) in [5.41, 5.74) is 0. The smallest absolute Gasteiger partial charge is 0.317 e. The molecule has 0 aromatic heterocycles. The van der Waals surface area contributed by atoms with Crippen molar-refractivity contribution in [3.63, 3.8) is 0 Å². The molecule has 2 saturated carbocycles. The van der Waals surface area contributed by atoms with Crippen LogP contribution in [0.2, 0.25) is 0 Å². The van der Waals surface area contributed by atoms with E-state index in [9.17, 15) is 9.59 Å². The SMILES string of the molecule is O=C(O)CC1CCN(C(=O)NC2CC3CCC2C3)CC1. The Labute approximate surface area is 119 Å². The standard InChI is InChI=1S/C15H24N2O3/c18-14(19)9-10-3-5-17(6-4-10)15(20)16-13-8-11-1-2-12(13)7-11/h10-13H,1-9H2,(H,16,20)(H,18,19). The molecule has 1 aliphatic heterocycles. The molecule has 2 N–H and O–H groups in total. The van der Waals surface area contributed by atoms with Gasteiger partial charge in [0.15, 0.2) is 0 Å². The highest BCUT2D eigenvalue weighted by Gasteiger charge is 2.40. The van der Waals surface area contributed by atoms with Crippen LogP contribution in [0.4, 0.5) is 4.79 Å². The molecule has 3 aliphatic rings. The summed E-state index contributed by atoms with van der Waals surface area (Å²) >= 11 is 0. The van der Waals surface area contributed by atoms with Crippen LogP contribution in [0.3, 0.4) is 0 Å². The Balaban J connectivity index is 1.44. The summed E-state index contributed by atoms with van der Waals surface area (Å²) in [6.07, 6.45) is 6.94. The fourth-order valence-corrected chi connectivity index (χ4v) is 4.26. The number of carbonyl (C=O) groups is 2. The predicted molar refractivity (Wildman–Crippen MR) is 74.3 cm³/mol. The van der Waals surface area contributed by atoms with Gasteiger partial charge in [-0.15, -0.1) is 0 Å². The molecule has 3 atom stereocenters. The lowest BCUT2D eigenvalue weighted by molar-refractivity contribution is -0.138. The number of fused-ring (bicyclic) bond motifs is 2. The van der Waals surface area contributed by atoms with E-state index < -0.39 is 5.97 Å². The van der Waals surface area contributed by atoms with Crippen LogP contribution in [0.15, 0.2) is 0 Å². The monoisotopic (exact) mass is 280 g/mol. The van der Waals surface area contributed by atoms with Crippen molar-refractivity contribution in [2.45, 2.75) is 51.0 Å². The van der Waals surface area contributed by atoms with E-state index in [4.69, 9.17) is 5.11 Å². The van der Waals surface area contributed by atoms with Gasteiger partial charge in [0.25, 0.3) is 0 Å². The molecular weight excluding hydrogens is 256 g/mol. The van der Waals surface area contributed by atoms with Crippen molar-refractivity contribution in [2.24, 2.45) is 17.8 Å². The number of rotatable bonds is 3. The zero-order valence-corrected chi connectivity index (χ0v) is 11.9. The van der Waals surface area contributed by atoms with Crippen LogP contribution in [-0.4, -0.2) is 41.1 Å². The van der Waals surface area contributed by atoms with E-state index in [1.165, 1.54) is 19.3 Å². The van der Waals surface area contributed by atoms with Gasteiger partial charge < -0.3 is 15.3 Å². The number of hydrogen-bond donors (Lipinski definition) is 2. The minimum Gasteiger partial charge on any atom is -0.481 e. The lowest BCUT2D eigenvalue weighted by atomic mass is 9.93. The topological polar surface area (TPSA) is 69.6 Å². The molecule has 1 saturated heterocycles. The van der Waals surface area contributed by atoms with Crippen LogP contribution < -0.4 is 5.32 Å². The number of likely N-dealkylation sites (tertiary alicyclic amines) is 1. The number of urea groups is 1. The first kappa shape index (κ1) is 13.7. The Kier molecular flexibility index (Phi) is 3.85. The number of carbonyl (C=O) groups excluding carboxylic acids is 1. The van der Waals surface area contributed by atoms with E-state index in [0.717, 1.165) is 25.2 Å². The van der Waals surface area contributed by atoms with Crippen LogP contribution >= 0.6 is 0 Å². The third-order valence-electron chi connectivity index (χ3n) is 5.41. The lowest BCUT2D eigenvalue weighted by Gasteiger charge is -2.33. The average Bonchev–Trinajstić information content (AvgIpc) is 3.01. The molecule has 1 heterocycles. The third-order valence-corrected chi connectivity index (χ3v) is 5.41. The summed E-state index contributed by atoms with van der Waals surface area (Å²) in [6.45, 7) is 1.40. The number of nitrogens with zero attached hydrogens (tertiary/aromatic N) is 1. The normalized spacial score (nSPS) is 33.4. The predicted octanol–water partition coefficient (Wildman–Crippen LogP) is 2.07. The molecule has 0 aromatic carbocycles. The Morgan fingerprint density at radius 2 is 1.85 bits per heavy atom. The molecule has 2 aliphatic carbocycles. The number of amides is 2. The molecule has 5 nitrogen and oxygen atoms in total. The second-order valence-corrected chi connectivity index (χ2v) is 6.76. The molecule has 3 fully saturated rings. The van der Waals surface area contributed by atoms with Gasteiger partial charge >= 0.3 is 12.0 Å². The zero-order chi connectivity index (χ0) is 14.1. The van der Waals surface area contributed by atoms with Crippen molar-refractivity contribution in [1.82, 2.24) is 10.2 Å². The molecule has 3 rings (SSSR count). The van der Waals surface area contributed by atoms with Gasteiger partial charge in [0.05, 0.1) is 0 Å². The number of piperidine rings is 1. The van der Waals surface area contributed by atoms with Gasteiger partial charge in [-0.3, -0.25) is 4.79 Å². The molecule has 2 amide bonds. The lowest BCUT2D eigenvalue weighted by Crippen LogP contribution is -2.49. The molecule has 112 valence electrons. The molecular formula is C15H24N2O3. The maximum Gasteiger partial charge on any atom is 0.317 e. The number of aliphatic carboxylic acids is 1. The van der Waals surface area contributed by atoms with E-state index in [2.05, 4.69) is 5.32 Å². The fourth-order valence-electron chi connectivity index (χ4n) is 4.26. The highest BCUT2D eigenvalue weighted by Crippen LogP contribution is 2.44. The van der Waals surface area contributed by atoms with Crippen molar-refractivity contribution in [3.05, 3.63) is 0 Å². The minimum absolute atomic E-state index is 0.0660. The van der Waals surface area contributed by atoms with Crippen LogP contribution in [0.1, 0.15) is 44.9 Å². The van der Waals surface area contributed by atoms with E-state index in [-0.39, 0.29) is 18.4 Å². The minimum atomic E-state index is -0.727. The van der Waals surface area contributed by atoms with Crippen molar-refractivity contribution in [2.75, 3.05) is 13.1 Å². The van der Waals surface area contributed by atoms with Crippen LogP contribution in [0.25, 0.3) is 0 Å². The summed E-state index contributed by atoms with van der Waals surface area (Å²) in [6, 6.07) is 0.453. The summed E-state index contributed by atoms with van der Waals surface area (Å²) in [7, 11) is 0. The largest absolute Gasteiger partial charge is 0.481 e. The Morgan fingerprint density at radius 3 is 2.40 bits per heavy atom. The molecule has 20 heavy (non-hydrogen) atoms. The molecule has 0 radical (unpaired) electrons. The van der Waals surface area contributed by atoms with Crippen LogP contribution in [0.5, 0.6) is 0 Å². The van der Waals surface area contributed by atoms with Crippen molar-refractivity contribution >= 4 is 12.0 Å². The Morgan fingerprint density at radius 1 is 1.10 bits per heavy atom. The second kappa shape index (κ2) is 5.62. The highest BCUT2D eigenvalue weighted by atomic mass is 16.4. The quantitative estimate of drug-likeness (QED) is 0.831. The van der Waals surface area contributed by atoms with Crippen molar-refractivity contribution < 1.29 is 14.7 Å².